The van der Waals surface area contributed by atoms with Gasteiger partial charge in [-0.1, -0.05) is 43.2 Å². The summed E-state index contributed by atoms with van der Waals surface area (Å²) in [4.78, 5) is 20.9. The van der Waals surface area contributed by atoms with Crippen LogP contribution in [-0.4, -0.2) is 15.9 Å². The lowest BCUT2D eigenvalue weighted by Gasteiger charge is -2.15. The Labute approximate surface area is 194 Å². The third-order valence-corrected chi connectivity index (χ3v) is 5.36. The number of carbonyl (C=O) groups excluding carboxylic acids is 1. The molecule has 0 aliphatic rings. The minimum atomic E-state index is 0.0218. The first kappa shape index (κ1) is 23.5. The number of hydrogen-bond acceptors (Lipinski definition) is 5. The van der Waals surface area contributed by atoms with Gasteiger partial charge in [-0.25, -0.2) is 4.98 Å². The van der Waals surface area contributed by atoms with E-state index in [2.05, 4.69) is 22.5 Å². The van der Waals surface area contributed by atoms with E-state index in [0.717, 1.165) is 46.3 Å². The van der Waals surface area contributed by atoms with Gasteiger partial charge in [0.05, 0.1) is 5.02 Å². The van der Waals surface area contributed by atoms with E-state index in [1.165, 1.54) is 0 Å². The molecule has 0 aliphatic carbocycles. The Balaban J connectivity index is 1.82. The van der Waals surface area contributed by atoms with E-state index in [4.69, 9.17) is 21.3 Å². The first-order valence-electron chi connectivity index (χ1n) is 10.8. The quantitative estimate of drug-likeness (QED) is 0.399. The van der Waals surface area contributed by atoms with Crippen LogP contribution in [0.3, 0.4) is 0 Å². The second-order valence-electron chi connectivity index (χ2n) is 7.54. The zero-order valence-electron chi connectivity index (χ0n) is 18.7. The molecule has 0 spiro atoms. The van der Waals surface area contributed by atoms with Crippen molar-refractivity contribution < 1.29 is 9.53 Å². The number of hydrogen-bond donors (Lipinski definition) is 2. The zero-order valence-corrected chi connectivity index (χ0v) is 19.5. The number of nitrogens with zero attached hydrogens (tertiary/aromatic N) is 2. The second-order valence-corrected chi connectivity index (χ2v) is 7.94. The molecular weight excluding hydrogens is 424 g/mol. The number of allylic oxidation sites excluding steroid dienone is 1. The van der Waals surface area contributed by atoms with Gasteiger partial charge in [0.1, 0.15) is 17.9 Å². The van der Waals surface area contributed by atoms with Crippen molar-refractivity contribution in [3.05, 3.63) is 70.8 Å². The Kier molecular flexibility index (Phi) is 8.45. The van der Waals surface area contributed by atoms with Gasteiger partial charge in [-0.05, 0) is 44.2 Å². The number of fused-ring (bicyclic) bond motifs is 1. The van der Waals surface area contributed by atoms with Gasteiger partial charge in [-0.3, -0.25) is 9.78 Å². The Hall–Kier alpha value is -3.12. The lowest BCUT2D eigenvalue weighted by molar-refractivity contribution is -0.121. The largest absolute Gasteiger partial charge is 0.487 e. The summed E-state index contributed by atoms with van der Waals surface area (Å²) in [7, 11) is 0. The fourth-order valence-corrected chi connectivity index (χ4v) is 3.58. The normalized spacial score (nSPS) is 11.1. The zero-order chi connectivity index (χ0) is 22.9. The standard InChI is InChI=1S/C25H29ClN4O2/c1-4-6-10-24(31)29-14-18-13-27-15-21(26)20(18)16-32-23-9-7-8-19-22(28-11-5-2)12-17(3)30-25(19)23/h5,7-9,11-13,15H,4,6,10,14,16H2,1-3H3,(H,28,30)(H,29,31)/b11-5-. The van der Waals surface area contributed by atoms with Crippen LogP contribution in [0.25, 0.3) is 10.9 Å². The van der Waals surface area contributed by atoms with Crippen LogP contribution in [0.2, 0.25) is 5.02 Å². The number of aromatic nitrogens is 2. The molecule has 6 nitrogen and oxygen atoms in total. The van der Waals surface area contributed by atoms with Gasteiger partial charge in [0.2, 0.25) is 5.91 Å². The molecule has 0 aliphatic heterocycles. The number of rotatable bonds is 10. The molecular formula is C25H29ClN4O2. The average molecular weight is 453 g/mol. The molecule has 3 rings (SSSR count). The van der Waals surface area contributed by atoms with Crippen molar-refractivity contribution in [1.82, 2.24) is 15.3 Å². The number of aryl methyl sites for hydroxylation is 1. The third-order valence-electron chi connectivity index (χ3n) is 5.04. The maximum absolute atomic E-state index is 12.0. The highest BCUT2D eigenvalue weighted by Gasteiger charge is 2.13. The van der Waals surface area contributed by atoms with Gasteiger partial charge in [-0.15, -0.1) is 0 Å². The first-order valence-corrected chi connectivity index (χ1v) is 11.2. The van der Waals surface area contributed by atoms with Gasteiger partial charge >= 0.3 is 0 Å². The maximum atomic E-state index is 12.0. The highest BCUT2D eigenvalue weighted by molar-refractivity contribution is 6.31. The second kappa shape index (κ2) is 11.5. The van der Waals surface area contributed by atoms with Crippen LogP contribution < -0.4 is 15.4 Å². The molecule has 1 aromatic carbocycles. The SMILES string of the molecule is C/C=C\Nc1cc(C)nc2c(OCc3c(Cl)cncc3CNC(=O)CCCC)cccc12. The van der Waals surface area contributed by atoms with E-state index in [1.807, 2.05) is 50.4 Å². The number of amides is 1. The van der Waals surface area contributed by atoms with Crippen LogP contribution in [0.4, 0.5) is 5.69 Å². The molecule has 0 saturated carbocycles. The van der Waals surface area contributed by atoms with Crippen molar-refractivity contribution in [2.75, 3.05) is 5.32 Å². The van der Waals surface area contributed by atoms with Crippen LogP contribution in [-0.2, 0) is 17.9 Å². The number of para-hydroxylation sites is 1. The predicted molar refractivity (Wildman–Crippen MR) is 130 cm³/mol. The summed E-state index contributed by atoms with van der Waals surface area (Å²) in [6, 6.07) is 7.86. The number of halogens is 1. The smallest absolute Gasteiger partial charge is 0.220 e. The van der Waals surface area contributed by atoms with E-state index in [1.54, 1.807) is 12.4 Å². The minimum Gasteiger partial charge on any atom is -0.487 e. The molecule has 3 aromatic rings. The predicted octanol–water partition coefficient (Wildman–Crippen LogP) is 5.92. The maximum Gasteiger partial charge on any atom is 0.220 e. The lowest BCUT2D eigenvalue weighted by Crippen LogP contribution is -2.23. The monoisotopic (exact) mass is 452 g/mol. The van der Waals surface area contributed by atoms with Gasteiger partial charge in [0.25, 0.3) is 0 Å². The van der Waals surface area contributed by atoms with Crippen LogP contribution in [0.5, 0.6) is 5.75 Å². The molecule has 0 atom stereocenters. The number of benzene rings is 1. The fraction of sp³-hybridized carbons (Fsp3) is 0.320. The molecule has 0 fully saturated rings. The highest BCUT2D eigenvalue weighted by Crippen LogP contribution is 2.31. The molecule has 0 unspecified atom stereocenters. The van der Waals surface area contributed by atoms with Crippen molar-refractivity contribution >= 4 is 34.1 Å². The Morgan fingerprint density at radius 3 is 2.91 bits per heavy atom. The Morgan fingerprint density at radius 1 is 1.28 bits per heavy atom. The summed E-state index contributed by atoms with van der Waals surface area (Å²) >= 11 is 6.43. The summed E-state index contributed by atoms with van der Waals surface area (Å²) in [6.45, 7) is 6.58. The van der Waals surface area contributed by atoms with Gasteiger partial charge in [0.15, 0.2) is 0 Å². The number of anilines is 1. The average Bonchev–Trinajstić information content (AvgIpc) is 2.79. The summed E-state index contributed by atoms with van der Waals surface area (Å²) < 4.78 is 6.18. The molecule has 2 aromatic heterocycles. The van der Waals surface area contributed by atoms with Crippen molar-refractivity contribution in [1.29, 1.82) is 0 Å². The number of nitrogens with one attached hydrogen (secondary N) is 2. The van der Waals surface area contributed by atoms with Crippen LogP contribution >= 0.6 is 11.6 Å². The molecule has 0 radical (unpaired) electrons. The number of carbonyl (C=O) groups is 1. The van der Waals surface area contributed by atoms with Crippen molar-refractivity contribution in [3.63, 3.8) is 0 Å². The molecule has 2 heterocycles. The Bertz CT molecular complexity index is 1110. The highest BCUT2D eigenvalue weighted by atomic mass is 35.5. The summed E-state index contributed by atoms with van der Waals surface area (Å²) in [5.41, 5.74) is 4.27. The molecule has 1 amide bonds. The molecule has 0 bridgehead atoms. The fourth-order valence-electron chi connectivity index (χ4n) is 3.34. The van der Waals surface area contributed by atoms with Crippen LogP contribution in [0, 0.1) is 6.92 Å². The first-order chi connectivity index (χ1) is 15.5. The van der Waals surface area contributed by atoms with E-state index < -0.39 is 0 Å². The molecule has 2 N–H and O–H groups in total. The number of pyridine rings is 2. The van der Waals surface area contributed by atoms with E-state index in [9.17, 15) is 4.79 Å². The minimum absolute atomic E-state index is 0.0218. The van der Waals surface area contributed by atoms with Crippen molar-refractivity contribution in [2.24, 2.45) is 0 Å². The molecule has 32 heavy (non-hydrogen) atoms. The van der Waals surface area contributed by atoms with E-state index >= 15 is 0 Å². The van der Waals surface area contributed by atoms with Crippen LogP contribution in [0.15, 0.2) is 48.9 Å². The van der Waals surface area contributed by atoms with Crippen molar-refractivity contribution in [3.8, 4) is 5.75 Å². The Morgan fingerprint density at radius 2 is 2.12 bits per heavy atom. The molecule has 168 valence electrons. The lowest BCUT2D eigenvalue weighted by atomic mass is 10.1. The summed E-state index contributed by atoms with van der Waals surface area (Å²) in [5.74, 6) is 0.689. The van der Waals surface area contributed by atoms with E-state index in [-0.39, 0.29) is 12.5 Å². The molecule has 7 heteroatoms. The van der Waals surface area contributed by atoms with Gasteiger partial charge in [-0.2, -0.15) is 0 Å². The van der Waals surface area contributed by atoms with Gasteiger partial charge in [0, 0.05) is 47.7 Å². The summed E-state index contributed by atoms with van der Waals surface area (Å²) in [5, 5.41) is 7.71. The van der Waals surface area contributed by atoms with E-state index in [0.29, 0.717) is 23.7 Å². The van der Waals surface area contributed by atoms with Gasteiger partial charge < -0.3 is 15.4 Å². The molecule has 0 saturated heterocycles. The number of ether oxygens (including phenoxy) is 1. The number of unbranched alkanes of at least 4 members (excludes halogenated alkanes) is 1. The van der Waals surface area contributed by atoms with Crippen LogP contribution in [0.1, 0.15) is 49.9 Å². The van der Waals surface area contributed by atoms with Crippen molar-refractivity contribution in [2.45, 2.75) is 53.2 Å². The topological polar surface area (TPSA) is 76.1 Å². The third kappa shape index (κ3) is 5.98. The summed E-state index contributed by atoms with van der Waals surface area (Å²) in [6.07, 6.45) is 9.50.